The monoisotopic (exact) mass is 208 g/mol. The van der Waals surface area contributed by atoms with E-state index in [1.165, 1.54) is 0 Å². The Morgan fingerprint density at radius 3 is 3.27 bits per heavy atom. The summed E-state index contributed by atoms with van der Waals surface area (Å²) in [6.45, 7) is 2.65. The normalized spacial score (nSPS) is 20.1. The molecule has 1 unspecified atom stereocenters. The number of hydrogen-bond acceptors (Lipinski definition) is 4. The van der Waals surface area contributed by atoms with Gasteiger partial charge in [-0.25, -0.2) is 0 Å². The second-order valence-electron chi connectivity index (χ2n) is 3.58. The molecular formula is C10H16N4O. The van der Waals surface area contributed by atoms with Gasteiger partial charge in [-0.15, -0.1) is 5.10 Å². The predicted octanol–water partition coefficient (Wildman–Crippen LogP) is 0.560. The summed E-state index contributed by atoms with van der Waals surface area (Å²) in [5, 5.41) is 11.0. The largest absolute Gasteiger partial charge is 0.497 e. The summed E-state index contributed by atoms with van der Waals surface area (Å²) in [6, 6.07) is 0. The first-order valence-corrected chi connectivity index (χ1v) is 5.30. The number of rotatable bonds is 5. The maximum atomic E-state index is 5.44. The highest BCUT2D eigenvalue weighted by atomic mass is 16.5. The minimum absolute atomic E-state index is 0.325. The van der Waals surface area contributed by atoms with Crippen LogP contribution in [0.2, 0.25) is 0 Å². The second-order valence-corrected chi connectivity index (χ2v) is 3.58. The highest BCUT2D eigenvalue weighted by Crippen LogP contribution is 2.08. The molecule has 0 bridgehead atoms. The highest BCUT2D eigenvalue weighted by Gasteiger charge is 2.09. The lowest BCUT2D eigenvalue weighted by atomic mass is 10.1. The second kappa shape index (κ2) is 5.50. The van der Waals surface area contributed by atoms with Crippen LogP contribution in [0.1, 0.15) is 12.8 Å². The molecule has 1 aliphatic heterocycles. The Morgan fingerprint density at radius 1 is 1.53 bits per heavy atom. The van der Waals surface area contributed by atoms with E-state index >= 15 is 0 Å². The molecule has 5 nitrogen and oxygen atoms in total. The number of nitrogens with zero attached hydrogens (tertiary/aromatic N) is 3. The lowest BCUT2D eigenvalue weighted by Gasteiger charge is -2.19. The summed E-state index contributed by atoms with van der Waals surface area (Å²) < 4.78 is 7.25. The van der Waals surface area contributed by atoms with Crippen LogP contribution in [0.25, 0.3) is 0 Å². The average molecular weight is 208 g/mol. The van der Waals surface area contributed by atoms with Gasteiger partial charge in [0.05, 0.1) is 19.0 Å². The van der Waals surface area contributed by atoms with Crippen LogP contribution >= 0.6 is 0 Å². The molecule has 0 radical (unpaired) electrons. The quantitative estimate of drug-likeness (QED) is 0.718. The molecule has 0 spiro atoms. The SMILES string of the molecule is C1=COC(CNCCn2ccnn2)CC1. The number of allylic oxidation sites excluding steroid dienone is 1. The van der Waals surface area contributed by atoms with Gasteiger partial charge in [-0.05, 0) is 18.9 Å². The van der Waals surface area contributed by atoms with Gasteiger partial charge in [0, 0.05) is 19.3 Å². The Labute approximate surface area is 89.1 Å². The van der Waals surface area contributed by atoms with Crippen LogP contribution in [-0.4, -0.2) is 34.2 Å². The molecule has 1 aromatic rings. The third-order valence-electron chi connectivity index (χ3n) is 2.38. The molecule has 5 heteroatoms. The van der Waals surface area contributed by atoms with Crippen LogP contribution in [0.5, 0.6) is 0 Å². The number of nitrogens with one attached hydrogen (secondary N) is 1. The van der Waals surface area contributed by atoms with Gasteiger partial charge >= 0.3 is 0 Å². The third-order valence-corrected chi connectivity index (χ3v) is 2.38. The fourth-order valence-corrected chi connectivity index (χ4v) is 1.54. The zero-order chi connectivity index (χ0) is 10.3. The Balaban J connectivity index is 1.57. The van der Waals surface area contributed by atoms with Crippen molar-refractivity contribution in [3.8, 4) is 0 Å². The van der Waals surface area contributed by atoms with E-state index in [2.05, 4.69) is 21.7 Å². The maximum Gasteiger partial charge on any atom is 0.110 e. The fraction of sp³-hybridized carbons (Fsp3) is 0.600. The van der Waals surface area contributed by atoms with Crippen molar-refractivity contribution in [2.75, 3.05) is 13.1 Å². The molecule has 0 saturated carbocycles. The lowest BCUT2D eigenvalue weighted by molar-refractivity contribution is 0.122. The van der Waals surface area contributed by atoms with Crippen molar-refractivity contribution >= 4 is 0 Å². The van der Waals surface area contributed by atoms with E-state index in [9.17, 15) is 0 Å². The molecule has 82 valence electrons. The standard InChI is InChI=1S/C10H16N4O/c1-2-8-15-10(3-1)9-11-4-6-14-7-5-12-13-14/h2,5,7-8,10-11H,1,3-4,6,9H2. The van der Waals surface area contributed by atoms with E-state index in [1.807, 2.05) is 10.9 Å². The Hall–Kier alpha value is -1.36. The summed E-state index contributed by atoms with van der Waals surface area (Å²) in [5.74, 6) is 0. The molecule has 1 N–H and O–H groups in total. The summed E-state index contributed by atoms with van der Waals surface area (Å²) >= 11 is 0. The van der Waals surface area contributed by atoms with Gasteiger partial charge in [-0.2, -0.15) is 0 Å². The molecule has 15 heavy (non-hydrogen) atoms. The molecule has 0 aromatic carbocycles. The van der Waals surface area contributed by atoms with Gasteiger partial charge in [0.25, 0.3) is 0 Å². The molecule has 0 fully saturated rings. The topological polar surface area (TPSA) is 52.0 Å². The van der Waals surface area contributed by atoms with Crippen LogP contribution in [0.4, 0.5) is 0 Å². The first-order valence-electron chi connectivity index (χ1n) is 5.30. The first-order chi connectivity index (χ1) is 7.45. The van der Waals surface area contributed by atoms with Crippen LogP contribution in [-0.2, 0) is 11.3 Å². The van der Waals surface area contributed by atoms with Crippen molar-refractivity contribution < 1.29 is 4.74 Å². The molecular weight excluding hydrogens is 192 g/mol. The van der Waals surface area contributed by atoms with E-state index in [1.54, 1.807) is 12.5 Å². The summed E-state index contributed by atoms with van der Waals surface area (Å²) in [7, 11) is 0. The lowest BCUT2D eigenvalue weighted by Crippen LogP contribution is -2.31. The molecule has 0 amide bonds. The van der Waals surface area contributed by atoms with E-state index in [0.29, 0.717) is 6.10 Å². The fourth-order valence-electron chi connectivity index (χ4n) is 1.54. The van der Waals surface area contributed by atoms with E-state index in [-0.39, 0.29) is 0 Å². The number of aromatic nitrogens is 3. The maximum absolute atomic E-state index is 5.44. The molecule has 0 saturated heterocycles. The summed E-state index contributed by atoms with van der Waals surface area (Å²) in [6.07, 6.45) is 9.96. The zero-order valence-electron chi connectivity index (χ0n) is 8.67. The third kappa shape index (κ3) is 3.36. The van der Waals surface area contributed by atoms with Gasteiger partial charge in [0.1, 0.15) is 6.10 Å². The predicted molar refractivity (Wildman–Crippen MR) is 56.1 cm³/mol. The van der Waals surface area contributed by atoms with Gasteiger partial charge in [0.2, 0.25) is 0 Å². The minimum Gasteiger partial charge on any atom is -0.497 e. The summed E-state index contributed by atoms with van der Waals surface area (Å²) in [4.78, 5) is 0. The molecule has 1 aliphatic rings. The van der Waals surface area contributed by atoms with Crippen molar-refractivity contribution in [2.24, 2.45) is 0 Å². The first kappa shape index (κ1) is 10.2. The van der Waals surface area contributed by atoms with Crippen LogP contribution < -0.4 is 5.32 Å². The van der Waals surface area contributed by atoms with Crippen molar-refractivity contribution in [2.45, 2.75) is 25.5 Å². The van der Waals surface area contributed by atoms with Gasteiger partial charge < -0.3 is 10.1 Å². The molecule has 1 atom stereocenters. The molecule has 2 heterocycles. The molecule has 2 rings (SSSR count). The van der Waals surface area contributed by atoms with Gasteiger partial charge in [0.15, 0.2) is 0 Å². The van der Waals surface area contributed by atoms with Crippen molar-refractivity contribution in [3.63, 3.8) is 0 Å². The molecule has 0 aliphatic carbocycles. The Bertz CT molecular complexity index is 296. The van der Waals surface area contributed by atoms with E-state index < -0.39 is 0 Å². The Kier molecular flexibility index (Phi) is 3.73. The van der Waals surface area contributed by atoms with E-state index in [4.69, 9.17) is 4.74 Å². The Morgan fingerprint density at radius 2 is 2.53 bits per heavy atom. The van der Waals surface area contributed by atoms with Gasteiger partial charge in [-0.3, -0.25) is 4.68 Å². The van der Waals surface area contributed by atoms with Crippen molar-refractivity contribution in [1.82, 2.24) is 20.3 Å². The van der Waals surface area contributed by atoms with Gasteiger partial charge in [-0.1, -0.05) is 5.21 Å². The van der Waals surface area contributed by atoms with Crippen LogP contribution in [0.3, 0.4) is 0 Å². The minimum atomic E-state index is 0.325. The van der Waals surface area contributed by atoms with Crippen LogP contribution in [0, 0.1) is 0 Å². The molecule has 1 aromatic heterocycles. The summed E-state index contributed by atoms with van der Waals surface area (Å²) in [5.41, 5.74) is 0. The van der Waals surface area contributed by atoms with E-state index in [0.717, 1.165) is 32.5 Å². The number of ether oxygens (including phenoxy) is 1. The van der Waals surface area contributed by atoms with Crippen LogP contribution in [0.15, 0.2) is 24.7 Å². The highest BCUT2D eigenvalue weighted by molar-refractivity contribution is 4.82. The number of hydrogen-bond donors (Lipinski definition) is 1. The van der Waals surface area contributed by atoms with Crippen molar-refractivity contribution in [3.05, 3.63) is 24.7 Å². The van der Waals surface area contributed by atoms with Crippen molar-refractivity contribution in [1.29, 1.82) is 0 Å². The average Bonchev–Trinajstić information content (AvgIpc) is 2.79. The smallest absolute Gasteiger partial charge is 0.110 e. The zero-order valence-corrected chi connectivity index (χ0v) is 8.67.